The molecule has 1 aromatic heterocycles. The Morgan fingerprint density at radius 2 is 2.17 bits per heavy atom. The lowest BCUT2D eigenvalue weighted by molar-refractivity contribution is 0.492. The van der Waals surface area contributed by atoms with E-state index in [1.54, 1.807) is 4.57 Å². The number of hydrogen-bond donors (Lipinski definition) is 1. The molecule has 0 aliphatic carbocycles. The van der Waals surface area contributed by atoms with Crippen molar-refractivity contribution in [3.63, 3.8) is 0 Å². The quantitative estimate of drug-likeness (QED) is 0.838. The van der Waals surface area contributed by atoms with Gasteiger partial charge in [-0.25, -0.2) is 0 Å². The minimum absolute atomic E-state index is 0.0351. The Morgan fingerprint density at radius 1 is 1.44 bits per heavy atom. The van der Waals surface area contributed by atoms with Crippen LogP contribution in [0.5, 0.6) is 0 Å². The van der Waals surface area contributed by atoms with Gasteiger partial charge in [0.25, 0.3) is 5.56 Å². The number of pyridine rings is 1. The number of nitrogen functional groups attached to an aromatic ring is 1. The molecule has 0 saturated heterocycles. The molecule has 1 atom stereocenters. The lowest BCUT2D eigenvalue weighted by Gasteiger charge is -2.19. The molecular formula is C15H16N2O. The van der Waals surface area contributed by atoms with Crippen molar-refractivity contribution in [3.8, 4) is 12.3 Å². The summed E-state index contributed by atoms with van der Waals surface area (Å²) < 4.78 is 1.61. The van der Waals surface area contributed by atoms with Crippen molar-refractivity contribution in [3.05, 3.63) is 40.7 Å². The summed E-state index contributed by atoms with van der Waals surface area (Å²) in [7, 11) is 0. The van der Waals surface area contributed by atoms with E-state index in [1.807, 2.05) is 37.3 Å². The minimum atomic E-state index is -0.0623. The fourth-order valence-electron chi connectivity index (χ4n) is 2.22. The van der Waals surface area contributed by atoms with Crippen molar-refractivity contribution in [1.29, 1.82) is 0 Å². The molecule has 0 bridgehead atoms. The molecule has 3 nitrogen and oxygen atoms in total. The van der Waals surface area contributed by atoms with Crippen molar-refractivity contribution in [2.75, 3.05) is 5.73 Å². The number of fused-ring (bicyclic) bond motifs is 1. The molecule has 0 aliphatic heterocycles. The van der Waals surface area contributed by atoms with E-state index in [-0.39, 0.29) is 11.6 Å². The Balaban J connectivity index is 2.71. The van der Waals surface area contributed by atoms with Crippen molar-refractivity contribution in [2.24, 2.45) is 0 Å². The smallest absolute Gasteiger partial charge is 0.260 e. The van der Waals surface area contributed by atoms with Crippen LogP contribution in [0.3, 0.4) is 0 Å². The van der Waals surface area contributed by atoms with Crippen LogP contribution < -0.4 is 11.3 Å². The van der Waals surface area contributed by atoms with Gasteiger partial charge in [-0.3, -0.25) is 9.36 Å². The van der Waals surface area contributed by atoms with Crippen LogP contribution in [0.15, 0.2) is 35.1 Å². The van der Waals surface area contributed by atoms with Crippen molar-refractivity contribution < 1.29 is 0 Å². The van der Waals surface area contributed by atoms with E-state index in [0.717, 1.165) is 11.8 Å². The molecule has 1 heterocycles. The Morgan fingerprint density at radius 3 is 2.83 bits per heavy atom. The van der Waals surface area contributed by atoms with E-state index in [9.17, 15) is 4.79 Å². The van der Waals surface area contributed by atoms with Gasteiger partial charge in [-0.2, -0.15) is 0 Å². The summed E-state index contributed by atoms with van der Waals surface area (Å²) in [5, 5.41) is 1.55. The van der Waals surface area contributed by atoms with Gasteiger partial charge in [-0.15, -0.1) is 12.3 Å². The molecule has 3 heteroatoms. The third-order valence-electron chi connectivity index (χ3n) is 3.18. The van der Waals surface area contributed by atoms with Crippen LogP contribution in [0.25, 0.3) is 10.8 Å². The summed E-state index contributed by atoms with van der Waals surface area (Å²) in [6.07, 6.45) is 6.65. The molecule has 2 aromatic rings. The zero-order chi connectivity index (χ0) is 13.1. The van der Waals surface area contributed by atoms with Crippen molar-refractivity contribution in [1.82, 2.24) is 4.57 Å². The Kier molecular flexibility index (Phi) is 3.38. The molecule has 0 radical (unpaired) electrons. The highest BCUT2D eigenvalue weighted by atomic mass is 16.1. The number of hydrogen-bond acceptors (Lipinski definition) is 2. The molecule has 1 aromatic carbocycles. The first-order chi connectivity index (χ1) is 8.69. The van der Waals surface area contributed by atoms with Gasteiger partial charge in [0.15, 0.2) is 0 Å². The molecule has 0 spiro atoms. The monoisotopic (exact) mass is 240 g/mol. The Hall–Kier alpha value is -2.21. The molecule has 0 aliphatic rings. The topological polar surface area (TPSA) is 48.0 Å². The van der Waals surface area contributed by atoms with Crippen LogP contribution in [-0.2, 0) is 0 Å². The second-order valence-electron chi connectivity index (χ2n) is 4.30. The maximum Gasteiger partial charge on any atom is 0.260 e. The molecule has 92 valence electrons. The number of benzene rings is 1. The van der Waals surface area contributed by atoms with Gasteiger partial charge in [-0.05, 0) is 23.9 Å². The molecule has 1 unspecified atom stereocenters. The SMILES string of the molecule is C#CCC(CC)n1c(N)cc2ccccc2c1=O. The average molecular weight is 240 g/mol. The second kappa shape index (κ2) is 4.97. The molecule has 2 N–H and O–H groups in total. The van der Waals surface area contributed by atoms with Crippen LogP contribution in [0, 0.1) is 12.3 Å². The Labute approximate surface area is 106 Å². The summed E-state index contributed by atoms with van der Waals surface area (Å²) in [5.74, 6) is 3.08. The van der Waals surface area contributed by atoms with Gasteiger partial charge in [0, 0.05) is 17.8 Å². The van der Waals surface area contributed by atoms with Crippen LogP contribution in [-0.4, -0.2) is 4.57 Å². The third kappa shape index (κ3) is 1.98. The Bertz CT molecular complexity index is 664. The van der Waals surface area contributed by atoms with Gasteiger partial charge in [-0.1, -0.05) is 25.1 Å². The molecule has 0 amide bonds. The number of terminal acetylenes is 1. The van der Waals surface area contributed by atoms with Crippen LogP contribution >= 0.6 is 0 Å². The number of anilines is 1. The minimum Gasteiger partial charge on any atom is -0.385 e. The van der Waals surface area contributed by atoms with Crippen LogP contribution in [0.1, 0.15) is 25.8 Å². The number of nitrogens with two attached hydrogens (primary N) is 1. The molecule has 0 saturated carbocycles. The van der Waals surface area contributed by atoms with E-state index in [0.29, 0.717) is 17.6 Å². The van der Waals surface area contributed by atoms with E-state index < -0.39 is 0 Å². The first-order valence-electron chi connectivity index (χ1n) is 6.02. The van der Waals surface area contributed by atoms with Crippen LogP contribution in [0.4, 0.5) is 5.82 Å². The predicted molar refractivity (Wildman–Crippen MR) is 75.4 cm³/mol. The first kappa shape index (κ1) is 12.3. The summed E-state index contributed by atoms with van der Waals surface area (Å²) in [5.41, 5.74) is 5.93. The fourth-order valence-corrected chi connectivity index (χ4v) is 2.22. The van der Waals surface area contributed by atoms with Crippen LogP contribution in [0.2, 0.25) is 0 Å². The van der Waals surface area contributed by atoms with Gasteiger partial charge < -0.3 is 5.73 Å². The van der Waals surface area contributed by atoms with E-state index in [1.165, 1.54) is 0 Å². The predicted octanol–water partition coefficient (Wildman–Crippen LogP) is 2.56. The second-order valence-corrected chi connectivity index (χ2v) is 4.30. The highest BCUT2D eigenvalue weighted by molar-refractivity contribution is 5.83. The third-order valence-corrected chi connectivity index (χ3v) is 3.18. The lowest BCUT2D eigenvalue weighted by Crippen LogP contribution is -2.27. The van der Waals surface area contributed by atoms with E-state index in [4.69, 9.17) is 12.2 Å². The van der Waals surface area contributed by atoms with Gasteiger partial charge in [0.05, 0.1) is 0 Å². The average Bonchev–Trinajstić information content (AvgIpc) is 2.37. The maximum absolute atomic E-state index is 12.4. The summed E-state index contributed by atoms with van der Waals surface area (Å²) in [6, 6.07) is 9.25. The number of aromatic nitrogens is 1. The highest BCUT2D eigenvalue weighted by Gasteiger charge is 2.14. The maximum atomic E-state index is 12.4. The first-order valence-corrected chi connectivity index (χ1v) is 6.02. The summed E-state index contributed by atoms with van der Waals surface area (Å²) >= 11 is 0. The van der Waals surface area contributed by atoms with Crippen molar-refractivity contribution in [2.45, 2.75) is 25.8 Å². The van der Waals surface area contributed by atoms with E-state index >= 15 is 0 Å². The molecule has 18 heavy (non-hydrogen) atoms. The number of rotatable bonds is 3. The largest absolute Gasteiger partial charge is 0.385 e. The van der Waals surface area contributed by atoms with Gasteiger partial charge in [0.1, 0.15) is 5.82 Å². The zero-order valence-electron chi connectivity index (χ0n) is 10.4. The fraction of sp³-hybridized carbons (Fsp3) is 0.267. The van der Waals surface area contributed by atoms with Crippen molar-refractivity contribution >= 4 is 16.6 Å². The van der Waals surface area contributed by atoms with Gasteiger partial charge in [0.2, 0.25) is 0 Å². The summed E-state index contributed by atoms with van der Waals surface area (Å²) in [6.45, 7) is 2.00. The molecule has 0 fully saturated rings. The lowest BCUT2D eigenvalue weighted by atomic mass is 10.1. The number of nitrogens with zero attached hydrogens (tertiary/aromatic N) is 1. The summed E-state index contributed by atoms with van der Waals surface area (Å²) in [4.78, 5) is 12.4. The molecular weight excluding hydrogens is 224 g/mol. The zero-order valence-corrected chi connectivity index (χ0v) is 10.4. The molecule has 2 rings (SSSR count). The standard InChI is InChI=1S/C15H16N2O/c1-3-7-12(4-2)17-14(16)10-11-8-5-6-9-13(11)15(17)18/h1,5-6,8-10,12H,4,7,16H2,2H3. The van der Waals surface area contributed by atoms with Gasteiger partial charge >= 0.3 is 0 Å². The normalized spacial score (nSPS) is 12.2. The van der Waals surface area contributed by atoms with E-state index in [2.05, 4.69) is 5.92 Å². The highest BCUT2D eigenvalue weighted by Crippen LogP contribution is 2.20.